The molecule has 0 bridgehead atoms. The molecule has 6 heteroatoms. The second-order valence-corrected chi connectivity index (χ2v) is 4.36. The quantitative estimate of drug-likeness (QED) is 0.776. The summed E-state index contributed by atoms with van der Waals surface area (Å²) in [5, 5.41) is 28.4. The van der Waals surface area contributed by atoms with Gasteiger partial charge in [0.1, 0.15) is 5.60 Å². The number of halogens is 2. The highest BCUT2D eigenvalue weighted by Crippen LogP contribution is 2.32. The lowest BCUT2D eigenvalue weighted by atomic mass is 9.90. The van der Waals surface area contributed by atoms with Crippen LogP contribution < -0.4 is 0 Å². The topological polar surface area (TPSA) is 77.8 Å². The highest BCUT2D eigenvalue weighted by atomic mass is 35.5. The van der Waals surface area contributed by atoms with Crippen LogP contribution in [0.2, 0.25) is 10.0 Å². The smallest absolute Gasteiger partial charge is 0.335 e. The van der Waals surface area contributed by atoms with E-state index in [2.05, 4.69) is 0 Å². The predicted octanol–water partition coefficient (Wildman–Crippen LogP) is 1.65. The molecule has 0 saturated carbocycles. The van der Waals surface area contributed by atoms with Gasteiger partial charge in [0, 0.05) is 15.6 Å². The van der Waals surface area contributed by atoms with Crippen LogP contribution >= 0.6 is 23.2 Å². The average Bonchev–Trinajstić information content (AvgIpc) is 2.15. The zero-order chi connectivity index (χ0) is 12.5. The molecule has 0 aliphatic rings. The number of benzene rings is 1. The molecule has 0 heterocycles. The Morgan fingerprint density at radius 3 is 2.44 bits per heavy atom. The summed E-state index contributed by atoms with van der Waals surface area (Å²) in [6, 6.07) is 4.18. The van der Waals surface area contributed by atoms with Gasteiger partial charge in [-0.1, -0.05) is 29.3 Å². The van der Waals surface area contributed by atoms with Crippen molar-refractivity contribution >= 4 is 29.2 Å². The van der Waals surface area contributed by atoms with E-state index < -0.39 is 17.7 Å². The molecule has 4 nitrogen and oxygen atoms in total. The van der Waals surface area contributed by atoms with Gasteiger partial charge in [-0.3, -0.25) is 0 Å². The third-order valence-electron chi connectivity index (χ3n) is 2.24. The summed E-state index contributed by atoms with van der Waals surface area (Å²) in [7, 11) is 0. The lowest BCUT2D eigenvalue weighted by Crippen LogP contribution is -2.42. The third-order valence-corrected chi connectivity index (χ3v) is 2.79. The lowest BCUT2D eigenvalue weighted by molar-refractivity contribution is -0.162. The zero-order valence-corrected chi connectivity index (χ0v) is 9.83. The van der Waals surface area contributed by atoms with Crippen molar-refractivity contribution in [2.75, 3.05) is 0 Å². The van der Waals surface area contributed by atoms with Gasteiger partial charge in [-0.15, -0.1) is 0 Å². The molecule has 0 aromatic heterocycles. The third kappa shape index (κ3) is 2.47. The predicted molar refractivity (Wildman–Crippen MR) is 59.7 cm³/mol. The van der Waals surface area contributed by atoms with Gasteiger partial charge in [0.15, 0.2) is 6.10 Å². The van der Waals surface area contributed by atoms with E-state index in [4.69, 9.17) is 28.3 Å². The van der Waals surface area contributed by atoms with E-state index in [9.17, 15) is 15.0 Å². The molecule has 0 aliphatic heterocycles. The van der Waals surface area contributed by atoms with Crippen LogP contribution in [-0.4, -0.2) is 27.4 Å². The monoisotopic (exact) mass is 264 g/mol. The highest BCUT2D eigenvalue weighted by molar-refractivity contribution is 6.35. The number of aliphatic carboxylic acids is 1. The first kappa shape index (κ1) is 13.3. The molecule has 88 valence electrons. The summed E-state index contributed by atoms with van der Waals surface area (Å²) >= 11 is 11.5. The van der Waals surface area contributed by atoms with Crippen molar-refractivity contribution in [1.29, 1.82) is 0 Å². The molecular weight excluding hydrogens is 255 g/mol. The van der Waals surface area contributed by atoms with Crippen LogP contribution in [0.3, 0.4) is 0 Å². The molecule has 0 unspecified atom stereocenters. The maximum Gasteiger partial charge on any atom is 0.335 e. The minimum Gasteiger partial charge on any atom is -0.479 e. The van der Waals surface area contributed by atoms with Crippen LogP contribution in [0.15, 0.2) is 18.2 Å². The van der Waals surface area contributed by atoms with Gasteiger partial charge < -0.3 is 15.3 Å². The summed E-state index contributed by atoms with van der Waals surface area (Å²) in [5.41, 5.74) is -1.87. The van der Waals surface area contributed by atoms with Crippen LogP contribution in [0.4, 0.5) is 0 Å². The lowest BCUT2D eigenvalue weighted by Gasteiger charge is -2.27. The number of aliphatic hydroxyl groups excluding tert-OH is 1. The molecule has 2 atom stereocenters. The maximum atomic E-state index is 10.6. The summed E-state index contributed by atoms with van der Waals surface area (Å²) < 4.78 is 0. The number of hydrogen-bond donors (Lipinski definition) is 3. The number of rotatable bonds is 3. The summed E-state index contributed by atoms with van der Waals surface area (Å²) in [6.45, 7) is 1.17. The van der Waals surface area contributed by atoms with Crippen molar-refractivity contribution in [3.63, 3.8) is 0 Å². The Balaban J connectivity index is 3.21. The molecule has 3 N–H and O–H groups in total. The summed E-state index contributed by atoms with van der Waals surface area (Å²) in [4.78, 5) is 10.6. The fourth-order valence-electron chi connectivity index (χ4n) is 1.29. The molecule has 1 aromatic carbocycles. The van der Waals surface area contributed by atoms with Crippen LogP contribution in [0.5, 0.6) is 0 Å². The van der Waals surface area contributed by atoms with Crippen molar-refractivity contribution in [1.82, 2.24) is 0 Å². The molecule has 1 aromatic rings. The Hall–Kier alpha value is -0.810. The van der Waals surface area contributed by atoms with E-state index in [1.165, 1.54) is 25.1 Å². The van der Waals surface area contributed by atoms with Crippen molar-refractivity contribution in [3.05, 3.63) is 33.8 Å². The molecule has 0 radical (unpaired) electrons. The van der Waals surface area contributed by atoms with E-state index in [1.54, 1.807) is 0 Å². The van der Waals surface area contributed by atoms with E-state index in [0.29, 0.717) is 5.02 Å². The molecule has 0 fully saturated rings. The SMILES string of the molecule is C[C@@](O)(c1ccc(Cl)cc1Cl)[C@H](O)C(=O)O. The first-order chi connectivity index (χ1) is 7.26. The standard InChI is InChI=1S/C10H10Cl2O4/c1-10(16,8(13)9(14)15)6-3-2-5(11)4-7(6)12/h2-4,8,13,16H,1H3,(H,14,15)/t8-,10-/m1/s1. The maximum absolute atomic E-state index is 10.6. The number of aliphatic hydroxyl groups is 2. The number of carbonyl (C=O) groups is 1. The molecule has 0 saturated heterocycles. The molecule has 1 rings (SSSR count). The van der Waals surface area contributed by atoms with Gasteiger partial charge in [-0.25, -0.2) is 4.79 Å². The van der Waals surface area contributed by atoms with Crippen LogP contribution in [-0.2, 0) is 10.4 Å². The Labute approximate surface area is 102 Å². The minimum absolute atomic E-state index is 0.0952. The second kappa shape index (κ2) is 4.59. The van der Waals surface area contributed by atoms with Crippen molar-refractivity contribution in [2.45, 2.75) is 18.6 Å². The normalized spacial score (nSPS) is 16.6. The Morgan fingerprint density at radius 1 is 1.44 bits per heavy atom. The Kier molecular flexibility index (Phi) is 3.80. The number of hydrogen-bond acceptors (Lipinski definition) is 3. The molecule has 0 spiro atoms. The Bertz CT molecular complexity index is 417. The first-order valence-corrected chi connectivity index (χ1v) is 5.11. The van der Waals surface area contributed by atoms with Gasteiger partial charge in [0.25, 0.3) is 0 Å². The van der Waals surface area contributed by atoms with Gasteiger partial charge in [0.2, 0.25) is 0 Å². The van der Waals surface area contributed by atoms with Gasteiger partial charge in [-0.2, -0.15) is 0 Å². The van der Waals surface area contributed by atoms with Crippen LogP contribution in [0.1, 0.15) is 12.5 Å². The Morgan fingerprint density at radius 2 is 2.00 bits per heavy atom. The van der Waals surface area contributed by atoms with Gasteiger partial charge >= 0.3 is 5.97 Å². The van der Waals surface area contributed by atoms with E-state index in [0.717, 1.165) is 0 Å². The molecular formula is C10H10Cl2O4. The van der Waals surface area contributed by atoms with Crippen molar-refractivity contribution < 1.29 is 20.1 Å². The van der Waals surface area contributed by atoms with Crippen molar-refractivity contribution in [3.8, 4) is 0 Å². The minimum atomic E-state index is -1.98. The fourth-order valence-corrected chi connectivity index (χ4v) is 1.89. The van der Waals surface area contributed by atoms with E-state index in [-0.39, 0.29) is 10.6 Å². The first-order valence-electron chi connectivity index (χ1n) is 4.35. The second-order valence-electron chi connectivity index (χ2n) is 3.51. The van der Waals surface area contributed by atoms with Crippen LogP contribution in [0, 0.1) is 0 Å². The average molecular weight is 265 g/mol. The number of carboxylic acids is 1. The van der Waals surface area contributed by atoms with Crippen LogP contribution in [0.25, 0.3) is 0 Å². The fraction of sp³-hybridized carbons (Fsp3) is 0.300. The van der Waals surface area contributed by atoms with Gasteiger partial charge in [-0.05, 0) is 19.1 Å². The largest absolute Gasteiger partial charge is 0.479 e. The molecule has 0 aliphatic carbocycles. The molecule has 0 amide bonds. The summed E-state index contributed by atoms with van der Waals surface area (Å²) in [5.74, 6) is -1.53. The van der Waals surface area contributed by atoms with E-state index >= 15 is 0 Å². The van der Waals surface area contributed by atoms with Crippen molar-refractivity contribution in [2.24, 2.45) is 0 Å². The highest BCUT2D eigenvalue weighted by Gasteiger charge is 2.39. The zero-order valence-electron chi connectivity index (χ0n) is 8.32. The summed E-state index contributed by atoms with van der Waals surface area (Å²) in [6.07, 6.45) is -1.97. The molecule has 16 heavy (non-hydrogen) atoms. The number of carboxylic acid groups (broad SMARTS) is 1. The van der Waals surface area contributed by atoms with E-state index in [1.807, 2.05) is 0 Å². The van der Waals surface area contributed by atoms with Gasteiger partial charge in [0.05, 0.1) is 0 Å².